The smallest absolute Gasteiger partial charge is 1.00 e. The zero-order valence-electron chi connectivity index (χ0n) is 27.7. The number of aliphatic carboxylic acids is 2. The maximum atomic E-state index is 10.3. The van der Waals surface area contributed by atoms with Crippen LogP contribution in [0.3, 0.4) is 0 Å². The van der Waals surface area contributed by atoms with Crippen molar-refractivity contribution < 1.29 is 50.8 Å². The monoisotopic (exact) mass is 562 g/mol. The zero-order chi connectivity index (χ0) is 28.4. The van der Waals surface area contributed by atoms with E-state index in [1.165, 1.54) is 141 Å². The SMILES string of the molecule is CCCCCCCC/C=C\CCCCCCCC(=O)O.CCCCCCCCCCCCCCCC(=O)O.[H-].[Na+]. The molecule has 0 heterocycles. The fraction of sp³-hybridized carbons (Fsp3) is 0.882. The topological polar surface area (TPSA) is 74.6 Å². The van der Waals surface area contributed by atoms with Crippen LogP contribution in [0.2, 0.25) is 0 Å². The van der Waals surface area contributed by atoms with E-state index in [0.29, 0.717) is 12.8 Å². The number of rotatable bonds is 29. The molecule has 0 aliphatic heterocycles. The molecule has 0 aromatic carbocycles. The number of carboxylic acids is 2. The third-order valence-electron chi connectivity index (χ3n) is 7.15. The standard InChI is InChI=1S/C18H34O2.C16H32O2.Na.H/c1-2-3-4-5-6-7-8-9-10-11-12-13-14-15-16-17-18(19)20;1-2-3-4-5-6-7-8-9-10-11-12-13-14-15-16(17)18;;/h9-10H,2-8,11-17H2,1H3,(H,19,20);2-15H2,1H3,(H,17,18);;/q;;+1;-1/b10-9-;;;. The minimum Gasteiger partial charge on any atom is -1.00 e. The van der Waals surface area contributed by atoms with Crippen LogP contribution < -0.4 is 29.6 Å². The predicted octanol–water partition coefficient (Wildman–Crippen LogP) is 8.78. The van der Waals surface area contributed by atoms with Crippen LogP contribution in [-0.2, 0) is 9.59 Å². The van der Waals surface area contributed by atoms with Crippen molar-refractivity contribution in [1.82, 2.24) is 0 Å². The van der Waals surface area contributed by atoms with E-state index in [-0.39, 0.29) is 31.0 Å². The van der Waals surface area contributed by atoms with Crippen LogP contribution in [0.5, 0.6) is 0 Å². The largest absolute Gasteiger partial charge is 1.00 e. The van der Waals surface area contributed by atoms with Crippen LogP contribution in [0.25, 0.3) is 0 Å². The first-order valence-electron chi connectivity index (χ1n) is 16.6. The van der Waals surface area contributed by atoms with Gasteiger partial charge in [0.05, 0.1) is 0 Å². The van der Waals surface area contributed by atoms with Gasteiger partial charge in [0.2, 0.25) is 0 Å². The predicted molar refractivity (Wildman–Crippen MR) is 166 cm³/mol. The van der Waals surface area contributed by atoms with Crippen molar-refractivity contribution in [3.05, 3.63) is 12.2 Å². The molecule has 0 radical (unpaired) electrons. The fourth-order valence-electron chi connectivity index (χ4n) is 4.64. The molecule has 0 aromatic rings. The minimum absolute atomic E-state index is 0. The van der Waals surface area contributed by atoms with Gasteiger partial charge in [0, 0.05) is 12.8 Å². The summed E-state index contributed by atoms with van der Waals surface area (Å²) in [7, 11) is 0. The molecule has 0 rings (SSSR count). The number of hydrogen-bond acceptors (Lipinski definition) is 2. The van der Waals surface area contributed by atoms with Crippen molar-refractivity contribution in [3.63, 3.8) is 0 Å². The summed E-state index contributed by atoms with van der Waals surface area (Å²) in [6, 6.07) is 0. The number of carbonyl (C=O) groups is 2. The summed E-state index contributed by atoms with van der Waals surface area (Å²) in [5.41, 5.74) is 0. The number of carboxylic acid groups (broad SMARTS) is 2. The van der Waals surface area contributed by atoms with Crippen molar-refractivity contribution in [1.29, 1.82) is 0 Å². The Hall–Kier alpha value is -0.320. The van der Waals surface area contributed by atoms with Gasteiger partial charge in [0.15, 0.2) is 0 Å². The van der Waals surface area contributed by atoms with E-state index in [0.717, 1.165) is 25.7 Å². The molecular formula is C34H67NaO4. The Morgan fingerprint density at radius 3 is 0.923 bits per heavy atom. The number of unbranched alkanes of at least 4 members (excludes halogenated alkanes) is 23. The van der Waals surface area contributed by atoms with E-state index >= 15 is 0 Å². The molecule has 4 nitrogen and oxygen atoms in total. The Bertz CT molecular complexity index is 514. The second kappa shape index (κ2) is 39.8. The van der Waals surface area contributed by atoms with Crippen LogP contribution in [0.4, 0.5) is 0 Å². The second-order valence-corrected chi connectivity index (χ2v) is 11.1. The Kier molecular flexibility index (Phi) is 44.0. The van der Waals surface area contributed by atoms with Crippen LogP contribution in [0.1, 0.15) is 195 Å². The maximum Gasteiger partial charge on any atom is 1.00 e. The molecule has 39 heavy (non-hydrogen) atoms. The molecule has 2 N–H and O–H groups in total. The normalized spacial score (nSPS) is 10.7. The quantitative estimate of drug-likeness (QED) is 0.0543. The maximum absolute atomic E-state index is 10.3. The van der Waals surface area contributed by atoms with Gasteiger partial charge in [0.25, 0.3) is 0 Å². The molecule has 0 amide bonds. The van der Waals surface area contributed by atoms with Gasteiger partial charge in [-0.15, -0.1) is 0 Å². The summed E-state index contributed by atoms with van der Waals surface area (Å²) >= 11 is 0. The molecule has 5 heteroatoms. The molecule has 0 aliphatic rings. The van der Waals surface area contributed by atoms with Gasteiger partial charge in [-0.05, 0) is 38.5 Å². The van der Waals surface area contributed by atoms with Gasteiger partial charge in [-0.1, -0.05) is 154 Å². The molecule has 0 spiro atoms. The van der Waals surface area contributed by atoms with Crippen molar-refractivity contribution in [2.45, 2.75) is 194 Å². The van der Waals surface area contributed by atoms with E-state index < -0.39 is 11.9 Å². The molecule has 0 bridgehead atoms. The minimum atomic E-state index is -0.664. The first kappa shape index (κ1) is 43.1. The summed E-state index contributed by atoms with van der Waals surface area (Å²) in [6.07, 6.45) is 38.5. The number of allylic oxidation sites excluding steroid dienone is 2. The third-order valence-corrected chi connectivity index (χ3v) is 7.15. The van der Waals surface area contributed by atoms with Crippen molar-refractivity contribution in [3.8, 4) is 0 Å². The van der Waals surface area contributed by atoms with Crippen LogP contribution in [0, 0.1) is 0 Å². The Labute approximate surface area is 267 Å². The van der Waals surface area contributed by atoms with Crippen molar-refractivity contribution >= 4 is 11.9 Å². The summed E-state index contributed by atoms with van der Waals surface area (Å²) in [4.78, 5) is 20.6. The Balaban J connectivity index is -0.000000310. The van der Waals surface area contributed by atoms with E-state index in [9.17, 15) is 9.59 Å². The molecule has 0 aromatic heterocycles. The molecule has 228 valence electrons. The molecule has 0 saturated carbocycles. The van der Waals surface area contributed by atoms with Crippen molar-refractivity contribution in [2.24, 2.45) is 0 Å². The van der Waals surface area contributed by atoms with Gasteiger partial charge in [-0.3, -0.25) is 9.59 Å². The van der Waals surface area contributed by atoms with Gasteiger partial charge in [-0.25, -0.2) is 0 Å². The molecule has 0 fully saturated rings. The molecule has 0 aliphatic carbocycles. The average molecular weight is 563 g/mol. The van der Waals surface area contributed by atoms with Gasteiger partial charge in [0.1, 0.15) is 0 Å². The van der Waals surface area contributed by atoms with E-state index in [1.54, 1.807) is 0 Å². The first-order chi connectivity index (χ1) is 18.5. The van der Waals surface area contributed by atoms with Crippen LogP contribution in [-0.4, -0.2) is 22.2 Å². The molecule has 0 saturated heterocycles. The van der Waals surface area contributed by atoms with Gasteiger partial charge in [-0.2, -0.15) is 0 Å². The fourth-order valence-corrected chi connectivity index (χ4v) is 4.64. The zero-order valence-corrected chi connectivity index (χ0v) is 28.7. The van der Waals surface area contributed by atoms with E-state index in [4.69, 9.17) is 10.2 Å². The van der Waals surface area contributed by atoms with Crippen LogP contribution in [0.15, 0.2) is 12.2 Å². The summed E-state index contributed by atoms with van der Waals surface area (Å²) in [5.74, 6) is -1.32. The summed E-state index contributed by atoms with van der Waals surface area (Å²) < 4.78 is 0. The summed E-state index contributed by atoms with van der Waals surface area (Å²) in [5, 5.41) is 17.0. The average Bonchev–Trinajstić information content (AvgIpc) is 2.89. The molecular weight excluding hydrogens is 495 g/mol. The second-order valence-electron chi connectivity index (χ2n) is 11.1. The molecule has 0 atom stereocenters. The van der Waals surface area contributed by atoms with E-state index in [2.05, 4.69) is 26.0 Å². The van der Waals surface area contributed by atoms with Crippen LogP contribution >= 0.6 is 0 Å². The van der Waals surface area contributed by atoms with E-state index in [1.807, 2.05) is 0 Å². The van der Waals surface area contributed by atoms with Gasteiger partial charge < -0.3 is 11.6 Å². The first-order valence-corrected chi connectivity index (χ1v) is 16.6. The number of hydrogen-bond donors (Lipinski definition) is 2. The molecule has 0 unspecified atom stereocenters. The van der Waals surface area contributed by atoms with Gasteiger partial charge >= 0.3 is 41.5 Å². The summed E-state index contributed by atoms with van der Waals surface area (Å²) in [6.45, 7) is 4.52. The Morgan fingerprint density at radius 2 is 0.667 bits per heavy atom. The Morgan fingerprint density at radius 1 is 0.436 bits per heavy atom. The third kappa shape index (κ3) is 47.8. The van der Waals surface area contributed by atoms with Crippen molar-refractivity contribution in [2.75, 3.05) is 0 Å².